The van der Waals surface area contributed by atoms with E-state index in [1.807, 2.05) is 44.2 Å². The summed E-state index contributed by atoms with van der Waals surface area (Å²) < 4.78 is 0. The SMILES string of the molecule is Cc1ccc(/C=C2\SC(=Nc3c(C)cccc3C)N(c3c(C)cccc3C)C2=O)s1. The van der Waals surface area contributed by atoms with Gasteiger partial charge in [0.2, 0.25) is 0 Å². The summed E-state index contributed by atoms with van der Waals surface area (Å²) in [6, 6.07) is 16.4. The molecule has 0 spiro atoms. The van der Waals surface area contributed by atoms with E-state index < -0.39 is 0 Å². The molecule has 3 aromatic rings. The van der Waals surface area contributed by atoms with E-state index >= 15 is 0 Å². The third-order valence-electron chi connectivity index (χ3n) is 5.15. The lowest BCUT2D eigenvalue weighted by molar-refractivity contribution is -0.113. The number of carbonyl (C=O) groups is 1. The number of para-hydroxylation sites is 2. The number of thiophene rings is 1. The first-order valence-corrected chi connectivity index (χ1v) is 11.5. The van der Waals surface area contributed by atoms with Crippen molar-refractivity contribution in [2.45, 2.75) is 34.6 Å². The number of amides is 1. The van der Waals surface area contributed by atoms with Gasteiger partial charge < -0.3 is 0 Å². The number of hydrogen-bond donors (Lipinski definition) is 0. The van der Waals surface area contributed by atoms with Crippen molar-refractivity contribution in [3.8, 4) is 0 Å². The van der Waals surface area contributed by atoms with Gasteiger partial charge in [0.05, 0.1) is 16.3 Å². The maximum Gasteiger partial charge on any atom is 0.271 e. The van der Waals surface area contributed by atoms with Gasteiger partial charge in [-0.3, -0.25) is 9.69 Å². The van der Waals surface area contributed by atoms with Crippen molar-refractivity contribution in [2.24, 2.45) is 4.99 Å². The van der Waals surface area contributed by atoms with Gasteiger partial charge in [0.25, 0.3) is 5.91 Å². The molecule has 0 atom stereocenters. The molecule has 1 amide bonds. The Morgan fingerprint density at radius 1 is 0.833 bits per heavy atom. The minimum atomic E-state index is -0.0200. The normalized spacial score (nSPS) is 16.8. The molecule has 0 radical (unpaired) electrons. The van der Waals surface area contributed by atoms with Crippen molar-refractivity contribution in [1.82, 2.24) is 0 Å². The quantitative estimate of drug-likeness (QED) is 0.414. The summed E-state index contributed by atoms with van der Waals surface area (Å²) >= 11 is 3.14. The van der Waals surface area contributed by atoms with Crippen LogP contribution in [-0.2, 0) is 4.79 Å². The van der Waals surface area contributed by atoms with Crippen molar-refractivity contribution < 1.29 is 4.79 Å². The van der Waals surface area contributed by atoms with Crippen LogP contribution < -0.4 is 4.90 Å². The van der Waals surface area contributed by atoms with E-state index in [4.69, 9.17) is 4.99 Å². The van der Waals surface area contributed by atoms with Gasteiger partial charge in [-0.1, -0.05) is 36.4 Å². The zero-order valence-electron chi connectivity index (χ0n) is 17.8. The number of anilines is 1. The van der Waals surface area contributed by atoms with Crippen LogP contribution in [0.1, 0.15) is 32.0 Å². The summed E-state index contributed by atoms with van der Waals surface area (Å²) in [4.78, 5) is 23.3. The molecule has 2 aromatic carbocycles. The molecule has 1 fully saturated rings. The van der Waals surface area contributed by atoms with Gasteiger partial charge in [-0.2, -0.15) is 0 Å². The molecule has 0 bridgehead atoms. The first-order valence-electron chi connectivity index (χ1n) is 9.86. The second-order valence-electron chi connectivity index (χ2n) is 7.57. The van der Waals surface area contributed by atoms with E-state index in [1.165, 1.54) is 16.6 Å². The Morgan fingerprint density at radius 3 is 2.00 bits per heavy atom. The topological polar surface area (TPSA) is 32.7 Å². The lowest BCUT2D eigenvalue weighted by atomic mass is 10.1. The van der Waals surface area contributed by atoms with E-state index in [1.54, 1.807) is 16.2 Å². The highest BCUT2D eigenvalue weighted by Crippen LogP contribution is 2.41. The van der Waals surface area contributed by atoms with Crippen LogP contribution in [0.4, 0.5) is 11.4 Å². The van der Waals surface area contributed by atoms with Gasteiger partial charge in [0, 0.05) is 9.75 Å². The molecule has 1 aliphatic heterocycles. The van der Waals surface area contributed by atoms with E-state index in [-0.39, 0.29) is 5.91 Å². The lowest BCUT2D eigenvalue weighted by Gasteiger charge is -2.21. The molecular formula is C25H24N2OS2. The van der Waals surface area contributed by atoms with Crippen LogP contribution in [0, 0.1) is 34.6 Å². The highest BCUT2D eigenvalue weighted by Gasteiger charge is 2.36. The largest absolute Gasteiger partial charge is 0.271 e. The van der Waals surface area contributed by atoms with Gasteiger partial charge in [-0.15, -0.1) is 11.3 Å². The third kappa shape index (κ3) is 3.87. The fourth-order valence-corrected chi connectivity index (χ4v) is 5.50. The van der Waals surface area contributed by atoms with Crippen LogP contribution in [0.2, 0.25) is 0 Å². The minimum Gasteiger partial charge on any atom is -0.268 e. The fourth-order valence-electron chi connectivity index (χ4n) is 3.64. The second kappa shape index (κ2) is 8.25. The Balaban J connectivity index is 1.88. The van der Waals surface area contributed by atoms with E-state index in [2.05, 4.69) is 45.0 Å². The Hall–Kier alpha value is -2.63. The summed E-state index contributed by atoms with van der Waals surface area (Å²) in [6.07, 6.45) is 1.98. The van der Waals surface area contributed by atoms with Gasteiger partial charge in [0.1, 0.15) is 0 Å². The summed E-state index contributed by atoms with van der Waals surface area (Å²) in [6.45, 7) is 10.3. The highest BCUT2D eigenvalue weighted by molar-refractivity contribution is 8.19. The monoisotopic (exact) mass is 432 g/mol. The van der Waals surface area contributed by atoms with Crippen molar-refractivity contribution in [2.75, 3.05) is 4.90 Å². The van der Waals surface area contributed by atoms with Crippen LogP contribution in [0.25, 0.3) is 6.08 Å². The summed E-state index contributed by atoms with van der Waals surface area (Å²) in [7, 11) is 0. The zero-order valence-corrected chi connectivity index (χ0v) is 19.4. The number of thioether (sulfide) groups is 1. The maximum atomic E-state index is 13.6. The molecule has 1 aromatic heterocycles. The van der Waals surface area contributed by atoms with Gasteiger partial charge in [0.15, 0.2) is 5.17 Å². The molecule has 3 nitrogen and oxygen atoms in total. The smallest absolute Gasteiger partial charge is 0.268 e. The van der Waals surface area contributed by atoms with Gasteiger partial charge in [-0.25, -0.2) is 4.99 Å². The highest BCUT2D eigenvalue weighted by atomic mass is 32.2. The van der Waals surface area contributed by atoms with Crippen molar-refractivity contribution in [3.05, 3.63) is 85.4 Å². The van der Waals surface area contributed by atoms with Crippen LogP contribution in [0.3, 0.4) is 0 Å². The zero-order chi connectivity index (χ0) is 21.4. The van der Waals surface area contributed by atoms with Gasteiger partial charge in [-0.05, 0) is 86.8 Å². The molecule has 0 saturated carbocycles. The number of aryl methyl sites for hydroxylation is 5. The fraction of sp³-hybridized carbons (Fsp3) is 0.200. The maximum absolute atomic E-state index is 13.6. The first kappa shape index (κ1) is 20.6. The summed E-state index contributed by atoms with van der Waals surface area (Å²) in [5.74, 6) is -0.0200. The molecule has 152 valence electrons. The standard InChI is InChI=1S/C25H24N2OS2/c1-15-8-6-9-16(2)22(15)26-25-27(23-17(3)10-7-11-18(23)4)24(28)21(30-25)14-20-13-12-19(5)29-20/h6-14H,1-5H3/b21-14-,26-25?. The van der Waals surface area contributed by atoms with Gasteiger partial charge >= 0.3 is 0 Å². The van der Waals surface area contributed by atoms with Crippen molar-refractivity contribution in [3.63, 3.8) is 0 Å². The van der Waals surface area contributed by atoms with E-state index in [0.29, 0.717) is 10.1 Å². The van der Waals surface area contributed by atoms with Crippen LogP contribution in [-0.4, -0.2) is 11.1 Å². The average molecular weight is 433 g/mol. The number of hydrogen-bond acceptors (Lipinski definition) is 4. The number of nitrogens with zero attached hydrogens (tertiary/aromatic N) is 2. The van der Waals surface area contributed by atoms with E-state index in [0.717, 1.165) is 38.5 Å². The molecular weight excluding hydrogens is 408 g/mol. The summed E-state index contributed by atoms with van der Waals surface area (Å²) in [5, 5.41) is 0.703. The predicted molar refractivity (Wildman–Crippen MR) is 131 cm³/mol. The number of rotatable bonds is 3. The molecule has 4 rings (SSSR count). The molecule has 0 unspecified atom stereocenters. The molecule has 0 aliphatic carbocycles. The van der Waals surface area contributed by atoms with Crippen LogP contribution >= 0.6 is 23.1 Å². The Labute approximate surface area is 186 Å². The number of aliphatic imine (C=N–C) groups is 1. The number of benzene rings is 2. The molecule has 5 heteroatoms. The summed E-state index contributed by atoms with van der Waals surface area (Å²) in [5.41, 5.74) is 6.17. The first-order chi connectivity index (χ1) is 14.3. The van der Waals surface area contributed by atoms with E-state index in [9.17, 15) is 4.79 Å². The van der Waals surface area contributed by atoms with Crippen LogP contribution in [0.15, 0.2) is 58.4 Å². The molecule has 2 heterocycles. The van der Waals surface area contributed by atoms with Crippen LogP contribution in [0.5, 0.6) is 0 Å². The Kier molecular flexibility index (Phi) is 5.67. The molecule has 1 aliphatic rings. The molecule has 1 saturated heterocycles. The second-order valence-corrected chi connectivity index (χ2v) is 9.90. The molecule has 30 heavy (non-hydrogen) atoms. The minimum absolute atomic E-state index is 0.0200. The third-order valence-corrected chi connectivity index (χ3v) is 7.07. The van der Waals surface area contributed by atoms with Crippen molar-refractivity contribution >= 4 is 51.6 Å². The Morgan fingerprint density at radius 2 is 1.43 bits per heavy atom. The predicted octanol–water partition coefficient (Wildman–Crippen LogP) is 7.10. The number of amidine groups is 1. The van der Waals surface area contributed by atoms with Crippen molar-refractivity contribution in [1.29, 1.82) is 0 Å². The lowest BCUT2D eigenvalue weighted by Crippen LogP contribution is -2.30. The Bertz CT molecular complexity index is 1160. The molecule has 0 N–H and O–H groups in total. The number of carbonyl (C=O) groups excluding carboxylic acids is 1. The average Bonchev–Trinajstić information content (AvgIpc) is 3.23.